The summed E-state index contributed by atoms with van der Waals surface area (Å²) >= 11 is 0. The highest BCUT2D eigenvalue weighted by molar-refractivity contribution is 7.89. The van der Waals surface area contributed by atoms with Crippen LogP contribution in [0.25, 0.3) is 0 Å². The van der Waals surface area contributed by atoms with Crippen molar-refractivity contribution < 1.29 is 13.2 Å². The van der Waals surface area contributed by atoms with Gasteiger partial charge < -0.3 is 4.74 Å². The lowest BCUT2D eigenvalue weighted by Crippen LogP contribution is -2.26. The van der Waals surface area contributed by atoms with Gasteiger partial charge in [-0.3, -0.25) is 5.10 Å². The maximum absolute atomic E-state index is 12.1. The number of rotatable bonds is 7. The Balaban J connectivity index is 1.95. The number of aromatic amines is 1. The number of sulfonamides is 1. The molecule has 7 heteroatoms. The van der Waals surface area contributed by atoms with Gasteiger partial charge in [0.1, 0.15) is 5.75 Å². The minimum atomic E-state index is -3.50. The molecule has 0 aliphatic heterocycles. The molecule has 2 rings (SSSR count). The molecule has 0 fully saturated rings. The zero-order chi connectivity index (χ0) is 15.3. The van der Waals surface area contributed by atoms with Gasteiger partial charge in [-0.2, -0.15) is 5.10 Å². The molecule has 2 aromatic rings. The molecule has 0 aliphatic rings. The molecule has 1 aromatic carbocycles. The Morgan fingerprint density at radius 3 is 2.52 bits per heavy atom. The molecular weight excluding hydrogens is 290 g/mol. The summed E-state index contributed by atoms with van der Waals surface area (Å²) in [5.41, 5.74) is 0.887. The molecule has 0 radical (unpaired) electrons. The van der Waals surface area contributed by atoms with Crippen LogP contribution in [0.2, 0.25) is 0 Å². The number of ether oxygens (including phenoxy) is 1. The summed E-state index contributed by atoms with van der Waals surface area (Å²) in [7, 11) is -3.50. The molecule has 0 unspecified atom stereocenters. The molecule has 0 amide bonds. The number of benzene rings is 1. The van der Waals surface area contributed by atoms with E-state index in [9.17, 15) is 8.42 Å². The fraction of sp³-hybridized carbons (Fsp3) is 0.357. The second-order valence-corrected chi connectivity index (χ2v) is 6.63. The van der Waals surface area contributed by atoms with Crippen molar-refractivity contribution >= 4 is 10.0 Å². The van der Waals surface area contributed by atoms with Crippen LogP contribution in [-0.4, -0.2) is 31.3 Å². The van der Waals surface area contributed by atoms with Gasteiger partial charge in [-0.05, 0) is 44.2 Å². The number of nitrogens with zero attached hydrogens (tertiary/aromatic N) is 1. The minimum Gasteiger partial charge on any atom is -0.491 e. The Hall–Kier alpha value is -1.86. The maximum atomic E-state index is 12.1. The first kappa shape index (κ1) is 15.5. The molecule has 6 nitrogen and oxygen atoms in total. The molecule has 0 saturated heterocycles. The average molecular weight is 309 g/mol. The van der Waals surface area contributed by atoms with Crippen molar-refractivity contribution in [2.45, 2.75) is 31.3 Å². The van der Waals surface area contributed by atoms with Gasteiger partial charge >= 0.3 is 0 Å². The van der Waals surface area contributed by atoms with Crippen LogP contribution in [0.4, 0.5) is 0 Å². The van der Waals surface area contributed by atoms with Gasteiger partial charge in [-0.1, -0.05) is 0 Å². The van der Waals surface area contributed by atoms with E-state index in [0.717, 1.165) is 5.69 Å². The van der Waals surface area contributed by atoms with Crippen molar-refractivity contribution in [2.24, 2.45) is 0 Å². The Labute approximate surface area is 124 Å². The van der Waals surface area contributed by atoms with Crippen LogP contribution in [0, 0.1) is 0 Å². The molecule has 1 aromatic heterocycles. The molecule has 0 saturated carbocycles. The summed E-state index contributed by atoms with van der Waals surface area (Å²) < 4.78 is 32.3. The zero-order valence-corrected chi connectivity index (χ0v) is 12.9. The predicted molar refractivity (Wildman–Crippen MR) is 79.7 cm³/mol. The Morgan fingerprint density at radius 2 is 1.95 bits per heavy atom. The molecule has 0 atom stereocenters. The largest absolute Gasteiger partial charge is 0.491 e. The van der Waals surface area contributed by atoms with Gasteiger partial charge in [0.25, 0.3) is 0 Å². The monoisotopic (exact) mass is 309 g/mol. The number of H-pyrrole nitrogens is 1. The smallest absolute Gasteiger partial charge is 0.240 e. The third-order valence-corrected chi connectivity index (χ3v) is 4.23. The third-order valence-electron chi connectivity index (χ3n) is 2.75. The second-order valence-electron chi connectivity index (χ2n) is 4.87. The summed E-state index contributed by atoms with van der Waals surface area (Å²) in [6.07, 6.45) is 2.26. The third kappa shape index (κ3) is 4.57. The topological polar surface area (TPSA) is 84.1 Å². The zero-order valence-electron chi connectivity index (χ0n) is 12.0. The number of hydrogen-bond acceptors (Lipinski definition) is 4. The van der Waals surface area contributed by atoms with E-state index in [1.165, 1.54) is 12.1 Å². The quantitative estimate of drug-likeness (QED) is 0.815. The summed E-state index contributed by atoms with van der Waals surface area (Å²) in [6, 6.07) is 8.20. The summed E-state index contributed by atoms with van der Waals surface area (Å²) in [6.45, 7) is 4.15. The Kier molecular flexibility index (Phi) is 4.98. The Bertz CT molecular complexity index is 649. The highest BCUT2D eigenvalue weighted by Crippen LogP contribution is 2.16. The van der Waals surface area contributed by atoms with Crippen molar-refractivity contribution in [3.8, 4) is 5.75 Å². The van der Waals surface area contributed by atoms with Crippen molar-refractivity contribution in [3.05, 3.63) is 42.2 Å². The van der Waals surface area contributed by atoms with E-state index in [0.29, 0.717) is 18.7 Å². The van der Waals surface area contributed by atoms with Gasteiger partial charge in [0, 0.05) is 24.9 Å². The first-order valence-electron chi connectivity index (χ1n) is 6.72. The lowest BCUT2D eigenvalue weighted by molar-refractivity contribution is 0.242. The standard InChI is InChI=1S/C14H19N3O3S/c1-11(2)20-13-3-5-14(6-4-13)21(18,19)16-10-8-12-7-9-15-17-12/h3-7,9,11,16H,8,10H2,1-2H3,(H,15,17). The van der Waals surface area contributed by atoms with Crippen LogP contribution in [-0.2, 0) is 16.4 Å². The van der Waals surface area contributed by atoms with E-state index in [1.54, 1.807) is 18.3 Å². The second kappa shape index (κ2) is 6.73. The van der Waals surface area contributed by atoms with Gasteiger partial charge in [-0.15, -0.1) is 0 Å². The lowest BCUT2D eigenvalue weighted by Gasteiger charge is -2.10. The molecule has 114 valence electrons. The Morgan fingerprint density at radius 1 is 1.24 bits per heavy atom. The molecule has 1 heterocycles. The van der Waals surface area contributed by atoms with Crippen molar-refractivity contribution in [1.29, 1.82) is 0 Å². The van der Waals surface area contributed by atoms with Crippen molar-refractivity contribution in [2.75, 3.05) is 6.54 Å². The normalized spacial score (nSPS) is 11.8. The van der Waals surface area contributed by atoms with E-state index < -0.39 is 10.0 Å². The summed E-state index contributed by atoms with van der Waals surface area (Å²) in [5, 5.41) is 6.60. The van der Waals surface area contributed by atoms with E-state index in [2.05, 4.69) is 14.9 Å². The molecule has 2 N–H and O–H groups in total. The first-order valence-corrected chi connectivity index (χ1v) is 8.20. The molecule has 0 spiro atoms. The lowest BCUT2D eigenvalue weighted by atomic mass is 10.3. The molecule has 21 heavy (non-hydrogen) atoms. The number of hydrogen-bond donors (Lipinski definition) is 2. The SMILES string of the molecule is CC(C)Oc1ccc(S(=O)(=O)NCCc2ccn[nH]2)cc1. The maximum Gasteiger partial charge on any atom is 0.240 e. The van der Waals surface area contributed by atoms with Crippen LogP contribution in [0.15, 0.2) is 41.4 Å². The molecular formula is C14H19N3O3S. The van der Waals surface area contributed by atoms with Gasteiger partial charge in [0.05, 0.1) is 11.0 Å². The summed E-state index contributed by atoms with van der Waals surface area (Å²) in [5.74, 6) is 0.654. The van der Waals surface area contributed by atoms with Gasteiger partial charge in [-0.25, -0.2) is 13.1 Å². The average Bonchev–Trinajstić information content (AvgIpc) is 2.91. The van der Waals surface area contributed by atoms with Crippen LogP contribution in [0.5, 0.6) is 5.75 Å². The van der Waals surface area contributed by atoms with Crippen molar-refractivity contribution in [3.63, 3.8) is 0 Å². The number of nitrogens with one attached hydrogen (secondary N) is 2. The number of aromatic nitrogens is 2. The summed E-state index contributed by atoms with van der Waals surface area (Å²) in [4.78, 5) is 0.225. The van der Waals surface area contributed by atoms with E-state index >= 15 is 0 Å². The van der Waals surface area contributed by atoms with E-state index in [-0.39, 0.29) is 11.0 Å². The van der Waals surface area contributed by atoms with Crippen LogP contribution in [0.1, 0.15) is 19.5 Å². The molecule has 0 aliphatic carbocycles. The van der Waals surface area contributed by atoms with Crippen molar-refractivity contribution in [1.82, 2.24) is 14.9 Å². The van der Waals surface area contributed by atoms with Crippen LogP contribution >= 0.6 is 0 Å². The minimum absolute atomic E-state index is 0.0555. The molecule has 0 bridgehead atoms. The van der Waals surface area contributed by atoms with E-state index in [4.69, 9.17) is 4.74 Å². The predicted octanol–water partition coefficient (Wildman–Crippen LogP) is 1.72. The fourth-order valence-corrected chi connectivity index (χ4v) is 2.83. The van der Waals surface area contributed by atoms with Crippen LogP contribution in [0.3, 0.4) is 0 Å². The highest BCUT2D eigenvalue weighted by atomic mass is 32.2. The first-order chi connectivity index (χ1) is 9.97. The van der Waals surface area contributed by atoms with Crippen LogP contribution < -0.4 is 9.46 Å². The van der Waals surface area contributed by atoms with Gasteiger partial charge in [0.15, 0.2) is 0 Å². The van der Waals surface area contributed by atoms with E-state index in [1.807, 2.05) is 19.9 Å². The van der Waals surface area contributed by atoms with Gasteiger partial charge in [0.2, 0.25) is 10.0 Å². The fourth-order valence-electron chi connectivity index (χ4n) is 1.80. The highest BCUT2D eigenvalue weighted by Gasteiger charge is 2.13.